The maximum absolute atomic E-state index is 8.67. The van der Waals surface area contributed by atoms with Gasteiger partial charge in [0.25, 0.3) is 11.4 Å². The molecule has 0 aromatic heterocycles. The molecular weight excluding hydrogens is 220 g/mol. The molecule has 3 nitrogen and oxygen atoms in total. The molecule has 0 aliphatic rings. The molecule has 0 atom stereocenters. The fraction of sp³-hybridized carbons (Fsp3) is 0. The topological polar surface area (TPSA) is 57.5 Å². The van der Waals surface area contributed by atoms with Gasteiger partial charge in [-0.15, -0.1) is 0 Å². The molecule has 2 N–H and O–H groups in total. The second kappa shape index (κ2) is 5.45. The SMILES string of the molecule is O=S(O)O.[Ce]. The molecule has 0 amide bonds. The number of hydrogen-bond acceptors (Lipinski definition) is 1. The molecule has 0 aliphatic heterocycles. The van der Waals surface area contributed by atoms with Gasteiger partial charge in [-0.2, -0.15) is 4.21 Å². The van der Waals surface area contributed by atoms with Gasteiger partial charge in [0.05, 0.1) is 0 Å². The summed E-state index contributed by atoms with van der Waals surface area (Å²) in [5.74, 6) is 0. The van der Waals surface area contributed by atoms with Gasteiger partial charge >= 0.3 is 0 Å². The van der Waals surface area contributed by atoms with Crippen LogP contribution in [0.1, 0.15) is 0 Å². The number of hydrogen-bond donors (Lipinski definition) is 2. The molecule has 0 aromatic rings. The van der Waals surface area contributed by atoms with Crippen LogP contribution in [0, 0.1) is 41.7 Å². The molecule has 0 unspecified atom stereocenters. The average Bonchev–Trinajstić information content (AvgIpc) is 0.811. The summed E-state index contributed by atoms with van der Waals surface area (Å²) in [5.41, 5.74) is 0. The van der Waals surface area contributed by atoms with Crippen LogP contribution < -0.4 is 0 Å². The molecule has 0 fully saturated rings. The monoisotopic (exact) mass is 222 g/mol. The van der Waals surface area contributed by atoms with E-state index in [0.717, 1.165) is 0 Å². The van der Waals surface area contributed by atoms with Gasteiger partial charge < -0.3 is 0 Å². The second-order valence-corrected chi connectivity index (χ2v) is 0.692. The van der Waals surface area contributed by atoms with Gasteiger partial charge in [-0.1, -0.05) is 0 Å². The smallest absolute Gasteiger partial charge is 0.284 e. The van der Waals surface area contributed by atoms with Crippen LogP contribution in [-0.4, -0.2) is 13.3 Å². The molecule has 0 heterocycles. The van der Waals surface area contributed by atoms with E-state index in [9.17, 15) is 0 Å². The zero-order valence-corrected chi connectivity index (χ0v) is 6.17. The first-order valence-corrected chi connectivity index (χ1v) is 1.60. The van der Waals surface area contributed by atoms with Crippen LogP contribution in [0.3, 0.4) is 0 Å². The predicted molar refractivity (Wildman–Crippen MR) is 13.4 cm³/mol. The van der Waals surface area contributed by atoms with Crippen LogP contribution in [0.25, 0.3) is 0 Å². The Morgan fingerprint density at radius 2 is 1.40 bits per heavy atom. The first-order valence-electron chi connectivity index (χ1n) is 0.532. The van der Waals surface area contributed by atoms with Crippen LogP contribution in [0.2, 0.25) is 0 Å². The van der Waals surface area contributed by atoms with Crippen molar-refractivity contribution in [2.24, 2.45) is 0 Å². The van der Waals surface area contributed by atoms with Gasteiger partial charge in [-0.3, -0.25) is 9.11 Å². The Bertz CT molecular complexity index is 29.9. The van der Waals surface area contributed by atoms with E-state index in [4.69, 9.17) is 13.3 Å². The summed E-state index contributed by atoms with van der Waals surface area (Å²) < 4.78 is 22.8. The van der Waals surface area contributed by atoms with Crippen molar-refractivity contribution in [2.75, 3.05) is 0 Å². The van der Waals surface area contributed by atoms with Gasteiger partial charge in [0.1, 0.15) is 0 Å². The summed E-state index contributed by atoms with van der Waals surface area (Å²) in [5, 5.41) is 0. The quantitative estimate of drug-likeness (QED) is 0.552. The Morgan fingerprint density at radius 3 is 1.40 bits per heavy atom. The normalized spacial score (nSPS) is 7.00. The van der Waals surface area contributed by atoms with E-state index in [1.807, 2.05) is 0 Å². The molecule has 5 heteroatoms. The zero-order valence-electron chi connectivity index (χ0n) is 2.21. The summed E-state index contributed by atoms with van der Waals surface area (Å²) in [4.78, 5) is 0. The molecule has 0 radical (unpaired) electrons. The largest absolute Gasteiger partial charge is 0.299 e. The third-order valence-corrected chi connectivity index (χ3v) is 0. The van der Waals surface area contributed by atoms with Crippen LogP contribution >= 0.6 is 0 Å². The molecule has 0 aromatic carbocycles. The summed E-state index contributed by atoms with van der Waals surface area (Å²) in [7, 11) is 0. The minimum Gasteiger partial charge on any atom is -0.284 e. The van der Waals surface area contributed by atoms with Crippen molar-refractivity contribution in [1.82, 2.24) is 0 Å². The van der Waals surface area contributed by atoms with Gasteiger partial charge in [0.15, 0.2) is 0 Å². The molecule has 0 rings (SSSR count). The molecule has 0 aliphatic carbocycles. The van der Waals surface area contributed by atoms with Crippen molar-refractivity contribution in [2.45, 2.75) is 0 Å². The Labute approximate surface area is 65.6 Å². The average molecular weight is 222 g/mol. The predicted octanol–water partition coefficient (Wildman–Crippen LogP) is -0.319. The van der Waals surface area contributed by atoms with E-state index >= 15 is 0 Å². The van der Waals surface area contributed by atoms with Gasteiger partial charge in [-0.25, -0.2) is 0 Å². The van der Waals surface area contributed by atoms with Crippen molar-refractivity contribution >= 4 is 11.4 Å². The summed E-state index contributed by atoms with van der Waals surface area (Å²) in [6.45, 7) is 0. The van der Waals surface area contributed by atoms with Gasteiger partial charge in [0, 0.05) is 41.7 Å². The number of rotatable bonds is 0. The van der Waals surface area contributed by atoms with Gasteiger partial charge in [-0.05, 0) is 0 Å². The van der Waals surface area contributed by atoms with Crippen molar-refractivity contribution < 1.29 is 55.1 Å². The van der Waals surface area contributed by atoms with E-state index in [2.05, 4.69) is 0 Å². The third kappa shape index (κ3) is 30.9. The standard InChI is InChI=1S/Ce.H2O3S/c;1-4(2)3/h;(H2,1,2,3). The molecular formula is H2CeO3S. The Kier molecular flexibility index (Phi) is 10.5. The van der Waals surface area contributed by atoms with E-state index < -0.39 is 11.4 Å². The first kappa shape index (κ1) is 9.67. The molecule has 0 saturated heterocycles. The Hall–Kier alpha value is 1.45. The first-order chi connectivity index (χ1) is 1.73. The third-order valence-electron chi connectivity index (χ3n) is 0. The maximum atomic E-state index is 8.67. The molecule has 0 spiro atoms. The molecule has 30 valence electrons. The maximum Gasteiger partial charge on any atom is 0.299 e. The van der Waals surface area contributed by atoms with E-state index in [-0.39, 0.29) is 41.7 Å². The minimum absolute atomic E-state index is 0. The molecule has 0 bridgehead atoms. The fourth-order valence-corrected chi connectivity index (χ4v) is 0. The summed E-state index contributed by atoms with van der Waals surface area (Å²) in [6.07, 6.45) is 0. The molecule has 5 heavy (non-hydrogen) atoms. The molecule has 0 saturated carbocycles. The minimum atomic E-state index is -2.61. The van der Waals surface area contributed by atoms with Crippen molar-refractivity contribution in [1.29, 1.82) is 0 Å². The van der Waals surface area contributed by atoms with E-state index in [0.29, 0.717) is 0 Å². The summed E-state index contributed by atoms with van der Waals surface area (Å²) in [6, 6.07) is 0. The van der Waals surface area contributed by atoms with Crippen LogP contribution in [-0.2, 0) is 11.4 Å². The fourth-order valence-electron chi connectivity index (χ4n) is 0. The summed E-state index contributed by atoms with van der Waals surface area (Å²) >= 11 is -2.61. The zero-order chi connectivity index (χ0) is 3.58. The Balaban J connectivity index is 0. The van der Waals surface area contributed by atoms with Gasteiger partial charge in [0.2, 0.25) is 0 Å². The van der Waals surface area contributed by atoms with Crippen molar-refractivity contribution in [3.05, 3.63) is 0 Å². The Morgan fingerprint density at radius 1 is 1.40 bits per heavy atom. The second-order valence-electron chi connectivity index (χ2n) is 0.231. The van der Waals surface area contributed by atoms with Crippen LogP contribution in [0.4, 0.5) is 0 Å². The van der Waals surface area contributed by atoms with Crippen molar-refractivity contribution in [3.63, 3.8) is 0 Å². The van der Waals surface area contributed by atoms with Crippen LogP contribution in [0.5, 0.6) is 0 Å². The van der Waals surface area contributed by atoms with Crippen molar-refractivity contribution in [3.8, 4) is 0 Å². The van der Waals surface area contributed by atoms with E-state index in [1.54, 1.807) is 0 Å². The van der Waals surface area contributed by atoms with E-state index in [1.165, 1.54) is 0 Å². The van der Waals surface area contributed by atoms with Crippen LogP contribution in [0.15, 0.2) is 0 Å².